The second-order valence-corrected chi connectivity index (χ2v) is 9.68. The normalized spacial score (nSPS) is 17.3. The van der Waals surface area contributed by atoms with Gasteiger partial charge in [0.25, 0.3) is 0 Å². The van der Waals surface area contributed by atoms with Crippen molar-refractivity contribution in [2.24, 2.45) is 4.99 Å². The van der Waals surface area contributed by atoms with Gasteiger partial charge >= 0.3 is 5.97 Å². The highest BCUT2D eigenvalue weighted by atomic mass is 35.5. The molecule has 4 rings (SSSR count). The van der Waals surface area contributed by atoms with Gasteiger partial charge in [-0.3, -0.25) is 4.79 Å². The van der Waals surface area contributed by atoms with E-state index in [-0.39, 0.29) is 25.0 Å². The van der Waals surface area contributed by atoms with Crippen LogP contribution in [0, 0.1) is 0 Å². The summed E-state index contributed by atoms with van der Waals surface area (Å²) in [7, 11) is 0. The fraction of sp³-hybridized carbons (Fsp3) is 0.269. The summed E-state index contributed by atoms with van der Waals surface area (Å²) in [5.74, 6) is -0.524. The molecule has 1 amide bonds. The molecule has 34 heavy (non-hydrogen) atoms. The molecule has 2 aliphatic rings. The van der Waals surface area contributed by atoms with Gasteiger partial charge in [0.05, 0.1) is 23.7 Å². The second kappa shape index (κ2) is 10.5. The van der Waals surface area contributed by atoms with Crippen molar-refractivity contribution in [2.45, 2.75) is 45.9 Å². The van der Waals surface area contributed by atoms with Crippen molar-refractivity contribution in [2.75, 3.05) is 0 Å². The van der Waals surface area contributed by atoms with Crippen molar-refractivity contribution in [1.29, 1.82) is 0 Å². The van der Waals surface area contributed by atoms with Crippen LogP contribution in [0.1, 0.15) is 44.4 Å². The third-order valence-electron chi connectivity index (χ3n) is 5.41. The van der Waals surface area contributed by atoms with Crippen LogP contribution in [0.5, 0.6) is 0 Å². The molecule has 1 unspecified atom stereocenters. The zero-order valence-electron chi connectivity index (χ0n) is 19.2. The van der Waals surface area contributed by atoms with E-state index in [0.29, 0.717) is 16.3 Å². The van der Waals surface area contributed by atoms with E-state index < -0.39 is 12.0 Å². The maximum Gasteiger partial charge on any atom is 0.338 e. The molecular formula is C26H26ClN3O3S. The molecule has 0 saturated carbocycles. The number of esters is 1. The molecule has 8 heteroatoms. The third kappa shape index (κ3) is 5.37. The SMILES string of the molecule is CC1=C(C(=O)OCc2ccccc2)C(c2ccc(Cl)cc2)N2C(CC(=O)NC(C)C)=CSC2=N1. The number of carbonyl (C=O) groups excluding carboxylic acids is 2. The van der Waals surface area contributed by atoms with Gasteiger partial charge in [-0.05, 0) is 49.4 Å². The van der Waals surface area contributed by atoms with E-state index in [1.165, 1.54) is 11.8 Å². The average Bonchev–Trinajstić information content (AvgIpc) is 3.19. The molecule has 0 saturated heterocycles. The quantitative estimate of drug-likeness (QED) is 0.508. The number of amidine groups is 1. The number of ether oxygens (including phenoxy) is 1. The van der Waals surface area contributed by atoms with Gasteiger partial charge in [0.2, 0.25) is 5.91 Å². The Morgan fingerprint density at radius 1 is 1.15 bits per heavy atom. The molecule has 1 N–H and O–H groups in total. The molecular weight excluding hydrogens is 470 g/mol. The van der Waals surface area contributed by atoms with E-state index in [0.717, 1.165) is 22.0 Å². The number of amides is 1. The minimum atomic E-state index is -0.485. The Morgan fingerprint density at radius 3 is 2.53 bits per heavy atom. The Hall–Kier alpha value is -3.03. The molecule has 0 radical (unpaired) electrons. The van der Waals surface area contributed by atoms with Crippen molar-refractivity contribution in [3.63, 3.8) is 0 Å². The van der Waals surface area contributed by atoms with Crippen LogP contribution in [0.3, 0.4) is 0 Å². The number of nitrogens with one attached hydrogen (secondary N) is 1. The van der Waals surface area contributed by atoms with Gasteiger partial charge in [-0.25, -0.2) is 9.79 Å². The Bertz CT molecular complexity index is 1170. The zero-order chi connectivity index (χ0) is 24.2. The molecule has 6 nitrogen and oxygen atoms in total. The summed E-state index contributed by atoms with van der Waals surface area (Å²) in [4.78, 5) is 32.6. The van der Waals surface area contributed by atoms with Gasteiger partial charge in [0.1, 0.15) is 6.61 Å². The summed E-state index contributed by atoms with van der Waals surface area (Å²) >= 11 is 7.59. The monoisotopic (exact) mass is 495 g/mol. The summed E-state index contributed by atoms with van der Waals surface area (Å²) < 4.78 is 5.71. The van der Waals surface area contributed by atoms with E-state index in [1.807, 2.05) is 73.5 Å². The lowest BCUT2D eigenvalue weighted by atomic mass is 9.94. The van der Waals surface area contributed by atoms with E-state index in [9.17, 15) is 9.59 Å². The molecule has 2 aliphatic heterocycles. The summed E-state index contributed by atoms with van der Waals surface area (Å²) in [6, 6.07) is 16.5. The maximum absolute atomic E-state index is 13.4. The molecule has 0 aromatic heterocycles. The number of rotatable bonds is 7. The molecule has 0 fully saturated rings. The second-order valence-electron chi connectivity index (χ2n) is 8.41. The smallest absolute Gasteiger partial charge is 0.338 e. The Balaban J connectivity index is 1.67. The van der Waals surface area contributed by atoms with Gasteiger partial charge in [0, 0.05) is 16.8 Å². The van der Waals surface area contributed by atoms with E-state index in [4.69, 9.17) is 16.3 Å². The predicted octanol–water partition coefficient (Wildman–Crippen LogP) is 5.57. The highest BCUT2D eigenvalue weighted by Crippen LogP contribution is 2.45. The van der Waals surface area contributed by atoms with E-state index in [1.54, 1.807) is 12.1 Å². The fourth-order valence-electron chi connectivity index (χ4n) is 3.93. The molecule has 2 heterocycles. The topological polar surface area (TPSA) is 71.0 Å². The number of allylic oxidation sites excluding steroid dienone is 1. The fourth-order valence-corrected chi connectivity index (χ4v) is 5.02. The minimum Gasteiger partial charge on any atom is -0.457 e. The number of fused-ring (bicyclic) bond motifs is 1. The van der Waals surface area contributed by atoms with Crippen LogP contribution in [-0.4, -0.2) is 28.0 Å². The first-order valence-corrected chi connectivity index (χ1v) is 12.3. The molecule has 0 aliphatic carbocycles. The maximum atomic E-state index is 13.4. The van der Waals surface area contributed by atoms with Crippen molar-refractivity contribution in [3.05, 3.63) is 93.1 Å². The molecule has 0 spiro atoms. The van der Waals surface area contributed by atoms with Gasteiger partial charge in [-0.1, -0.05) is 65.8 Å². The molecule has 2 aromatic rings. The summed E-state index contributed by atoms with van der Waals surface area (Å²) in [5.41, 5.74) is 3.58. The molecule has 0 bridgehead atoms. The summed E-state index contributed by atoms with van der Waals surface area (Å²) in [6.45, 7) is 5.82. The predicted molar refractivity (Wildman–Crippen MR) is 136 cm³/mol. The zero-order valence-corrected chi connectivity index (χ0v) is 20.8. The van der Waals surface area contributed by atoms with Crippen LogP contribution in [0.4, 0.5) is 0 Å². The summed E-state index contributed by atoms with van der Waals surface area (Å²) in [5, 5.41) is 6.18. The highest BCUT2D eigenvalue weighted by Gasteiger charge is 2.41. The number of hydrogen-bond donors (Lipinski definition) is 1. The average molecular weight is 496 g/mol. The van der Waals surface area contributed by atoms with Crippen LogP contribution in [-0.2, 0) is 20.9 Å². The van der Waals surface area contributed by atoms with Crippen LogP contribution in [0.25, 0.3) is 0 Å². The number of thioether (sulfide) groups is 1. The number of aliphatic imine (C=N–C) groups is 1. The lowest BCUT2D eigenvalue weighted by molar-refractivity contribution is -0.141. The van der Waals surface area contributed by atoms with Crippen LogP contribution in [0.15, 0.2) is 82.0 Å². The largest absolute Gasteiger partial charge is 0.457 e. The van der Waals surface area contributed by atoms with Gasteiger partial charge in [-0.15, -0.1) is 0 Å². The van der Waals surface area contributed by atoms with Crippen molar-refractivity contribution in [1.82, 2.24) is 10.2 Å². The Morgan fingerprint density at radius 2 is 1.85 bits per heavy atom. The lowest BCUT2D eigenvalue weighted by Gasteiger charge is -2.36. The minimum absolute atomic E-state index is 0.0365. The van der Waals surface area contributed by atoms with Gasteiger partial charge in [-0.2, -0.15) is 0 Å². The first kappa shape index (κ1) is 24.1. The van der Waals surface area contributed by atoms with Crippen molar-refractivity contribution >= 4 is 40.4 Å². The first-order chi connectivity index (χ1) is 16.3. The van der Waals surface area contributed by atoms with Crippen molar-refractivity contribution < 1.29 is 14.3 Å². The van der Waals surface area contributed by atoms with Crippen LogP contribution in [0.2, 0.25) is 5.02 Å². The third-order valence-corrected chi connectivity index (χ3v) is 6.55. The van der Waals surface area contributed by atoms with Crippen LogP contribution >= 0.6 is 23.4 Å². The Kier molecular flexibility index (Phi) is 7.44. The number of carbonyl (C=O) groups is 2. The number of hydrogen-bond acceptors (Lipinski definition) is 6. The summed E-state index contributed by atoms with van der Waals surface area (Å²) in [6.07, 6.45) is 0.180. The number of halogens is 1. The van der Waals surface area contributed by atoms with Gasteiger partial charge < -0.3 is 15.0 Å². The van der Waals surface area contributed by atoms with Gasteiger partial charge in [0.15, 0.2) is 5.17 Å². The first-order valence-electron chi connectivity index (χ1n) is 11.0. The molecule has 2 aromatic carbocycles. The van der Waals surface area contributed by atoms with Crippen molar-refractivity contribution in [3.8, 4) is 0 Å². The van der Waals surface area contributed by atoms with Crippen LogP contribution < -0.4 is 5.32 Å². The standard InChI is InChI=1S/C26H26ClN3O3S/c1-16(2)28-22(31)13-21-15-34-26-29-17(3)23(25(32)33-14-18-7-5-4-6-8-18)24(30(21)26)19-9-11-20(27)12-10-19/h4-12,15-16,24H,13-14H2,1-3H3,(H,28,31). The molecule has 1 atom stereocenters. The number of benzene rings is 2. The highest BCUT2D eigenvalue weighted by molar-refractivity contribution is 8.16. The van der Waals surface area contributed by atoms with E-state index >= 15 is 0 Å². The lowest BCUT2D eigenvalue weighted by Crippen LogP contribution is -2.38. The van der Waals surface area contributed by atoms with E-state index in [2.05, 4.69) is 10.3 Å². The number of nitrogens with zero attached hydrogens (tertiary/aromatic N) is 2. The Labute approximate surface area is 208 Å². The molecule has 176 valence electrons.